The Hall–Kier alpha value is -2.27. The number of phenols is 1. The van der Waals surface area contributed by atoms with Crippen LogP contribution in [0.2, 0.25) is 5.02 Å². The predicted molar refractivity (Wildman–Crippen MR) is 74.0 cm³/mol. The Labute approximate surface area is 119 Å². The summed E-state index contributed by atoms with van der Waals surface area (Å²) in [7, 11) is 1.45. The molecule has 0 aromatic heterocycles. The van der Waals surface area contributed by atoms with E-state index >= 15 is 0 Å². The van der Waals surface area contributed by atoms with Crippen LogP contribution in [0.3, 0.4) is 0 Å². The highest BCUT2D eigenvalue weighted by molar-refractivity contribution is 6.32. The highest BCUT2D eigenvalue weighted by Gasteiger charge is 2.13. The van der Waals surface area contributed by atoms with Crippen LogP contribution in [0.25, 0.3) is 0 Å². The largest absolute Gasteiger partial charge is 0.507 e. The van der Waals surface area contributed by atoms with Gasteiger partial charge in [0.1, 0.15) is 17.3 Å². The summed E-state index contributed by atoms with van der Waals surface area (Å²) in [5, 5.41) is 12.5. The SMILES string of the molecule is COc1cc(NC(=O)c2cc(F)ccc2O)ccc1Cl. The minimum atomic E-state index is -0.633. The summed E-state index contributed by atoms with van der Waals surface area (Å²) in [6.07, 6.45) is 0. The molecule has 0 atom stereocenters. The van der Waals surface area contributed by atoms with Gasteiger partial charge in [-0.3, -0.25) is 4.79 Å². The number of methoxy groups -OCH3 is 1. The van der Waals surface area contributed by atoms with Crippen LogP contribution in [0.15, 0.2) is 36.4 Å². The minimum absolute atomic E-state index is 0.154. The van der Waals surface area contributed by atoms with Crippen molar-refractivity contribution < 1.29 is 19.0 Å². The number of rotatable bonds is 3. The molecule has 4 nitrogen and oxygen atoms in total. The van der Waals surface area contributed by atoms with Crippen molar-refractivity contribution in [1.29, 1.82) is 0 Å². The second-order valence-corrected chi connectivity index (χ2v) is 4.37. The molecule has 0 unspecified atom stereocenters. The average molecular weight is 296 g/mol. The maximum atomic E-state index is 13.1. The molecule has 0 aliphatic carbocycles. The topological polar surface area (TPSA) is 58.6 Å². The van der Waals surface area contributed by atoms with Gasteiger partial charge in [0, 0.05) is 11.8 Å². The lowest BCUT2D eigenvalue weighted by Gasteiger charge is -2.09. The molecule has 1 amide bonds. The zero-order chi connectivity index (χ0) is 14.7. The molecule has 0 fully saturated rings. The van der Waals surface area contributed by atoms with Crippen molar-refractivity contribution in [2.75, 3.05) is 12.4 Å². The van der Waals surface area contributed by atoms with Crippen LogP contribution >= 0.6 is 11.6 Å². The summed E-state index contributed by atoms with van der Waals surface area (Å²) < 4.78 is 18.1. The van der Waals surface area contributed by atoms with Gasteiger partial charge in [-0.2, -0.15) is 0 Å². The van der Waals surface area contributed by atoms with Gasteiger partial charge in [0.25, 0.3) is 5.91 Å². The summed E-state index contributed by atoms with van der Waals surface area (Å²) in [6.45, 7) is 0. The third kappa shape index (κ3) is 3.00. The van der Waals surface area contributed by atoms with Gasteiger partial charge in [0.05, 0.1) is 17.7 Å². The highest BCUT2D eigenvalue weighted by atomic mass is 35.5. The van der Waals surface area contributed by atoms with E-state index < -0.39 is 11.7 Å². The van der Waals surface area contributed by atoms with E-state index in [0.717, 1.165) is 18.2 Å². The van der Waals surface area contributed by atoms with E-state index in [2.05, 4.69) is 5.32 Å². The molecule has 0 radical (unpaired) electrons. The number of hydrogen-bond donors (Lipinski definition) is 2. The monoisotopic (exact) mass is 295 g/mol. The molecular formula is C14H11ClFNO3. The predicted octanol–water partition coefficient (Wildman–Crippen LogP) is 3.45. The van der Waals surface area contributed by atoms with E-state index in [1.165, 1.54) is 13.2 Å². The number of carbonyl (C=O) groups excluding carboxylic acids is 1. The fourth-order valence-electron chi connectivity index (χ4n) is 1.63. The van der Waals surface area contributed by atoms with Crippen molar-refractivity contribution in [3.05, 3.63) is 52.8 Å². The van der Waals surface area contributed by atoms with Gasteiger partial charge in [0.15, 0.2) is 0 Å². The Morgan fingerprint density at radius 3 is 2.75 bits per heavy atom. The molecule has 2 rings (SSSR count). The molecule has 104 valence electrons. The first-order valence-electron chi connectivity index (χ1n) is 5.64. The minimum Gasteiger partial charge on any atom is -0.507 e. The number of carbonyl (C=O) groups is 1. The normalized spacial score (nSPS) is 10.2. The van der Waals surface area contributed by atoms with Crippen LogP contribution in [-0.4, -0.2) is 18.1 Å². The van der Waals surface area contributed by atoms with Gasteiger partial charge in [-0.1, -0.05) is 11.6 Å². The van der Waals surface area contributed by atoms with Crippen LogP contribution in [0.4, 0.5) is 10.1 Å². The van der Waals surface area contributed by atoms with Gasteiger partial charge in [-0.25, -0.2) is 4.39 Å². The average Bonchev–Trinajstić information content (AvgIpc) is 2.43. The lowest BCUT2D eigenvalue weighted by atomic mass is 10.1. The number of benzene rings is 2. The molecule has 0 bridgehead atoms. The summed E-state index contributed by atoms with van der Waals surface area (Å²) >= 11 is 5.87. The number of amides is 1. The number of anilines is 1. The standard InChI is InChI=1S/C14H11ClFNO3/c1-20-13-7-9(3-4-11(13)15)17-14(19)10-6-8(16)2-5-12(10)18/h2-7,18H,1H3,(H,17,19). The van der Waals surface area contributed by atoms with E-state index in [0.29, 0.717) is 16.5 Å². The lowest BCUT2D eigenvalue weighted by molar-refractivity contribution is 0.102. The van der Waals surface area contributed by atoms with Gasteiger partial charge >= 0.3 is 0 Å². The van der Waals surface area contributed by atoms with Gasteiger partial charge in [-0.05, 0) is 30.3 Å². The van der Waals surface area contributed by atoms with Crippen LogP contribution in [0.1, 0.15) is 10.4 Å². The molecule has 0 saturated heterocycles. The number of nitrogens with one attached hydrogen (secondary N) is 1. The molecule has 0 heterocycles. The molecule has 0 aliphatic heterocycles. The maximum absolute atomic E-state index is 13.1. The molecule has 20 heavy (non-hydrogen) atoms. The molecule has 0 spiro atoms. The van der Waals surface area contributed by atoms with Crippen LogP contribution in [0.5, 0.6) is 11.5 Å². The first-order valence-corrected chi connectivity index (χ1v) is 6.02. The van der Waals surface area contributed by atoms with Crippen molar-refractivity contribution in [3.63, 3.8) is 0 Å². The van der Waals surface area contributed by atoms with Gasteiger partial charge in [-0.15, -0.1) is 0 Å². The van der Waals surface area contributed by atoms with E-state index in [-0.39, 0.29) is 11.3 Å². The van der Waals surface area contributed by atoms with Crippen molar-refractivity contribution in [2.24, 2.45) is 0 Å². The van der Waals surface area contributed by atoms with Crippen LogP contribution < -0.4 is 10.1 Å². The first-order chi connectivity index (χ1) is 9.51. The molecule has 6 heteroatoms. The smallest absolute Gasteiger partial charge is 0.259 e. The van der Waals surface area contributed by atoms with Crippen LogP contribution in [-0.2, 0) is 0 Å². The third-order valence-electron chi connectivity index (χ3n) is 2.61. The second kappa shape index (κ2) is 5.79. The highest BCUT2D eigenvalue weighted by Crippen LogP contribution is 2.28. The molecule has 2 aromatic carbocycles. The van der Waals surface area contributed by atoms with Crippen molar-refractivity contribution in [3.8, 4) is 11.5 Å². The lowest BCUT2D eigenvalue weighted by Crippen LogP contribution is -2.12. The fourth-order valence-corrected chi connectivity index (χ4v) is 1.82. The van der Waals surface area contributed by atoms with Crippen molar-refractivity contribution in [1.82, 2.24) is 0 Å². The van der Waals surface area contributed by atoms with E-state index in [9.17, 15) is 14.3 Å². The number of aromatic hydroxyl groups is 1. The van der Waals surface area contributed by atoms with Crippen molar-refractivity contribution >= 4 is 23.2 Å². The molecule has 0 saturated carbocycles. The van der Waals surface area contributed by atoms with E-state index in [1.54, 1.807) is 12.1 Å². The number of ether oxygens (including phenoxy) is 1. The second-order valence-electron chi connectivity index (χ2n) is 3.96. The third-order valence-corrected chi connectivity index (χ3v) is 2.92. The summed E-state index contributed by atoms with van der Waals surface area (Å²) in [5.41, 5.74) is 0.263. The molecule has 2 N–H and O–H groups in total. The van der Waals surface area contributed by atoms with E-state index in [1.807, 2.05) is 0 Å². The number of phenolic OH excluding ortho intramolecular Hbond substituents is 1. The Kier molecular flexibility index (Phi) is 4.10. The maximum Gasteiger partial charge on any atom is 0.259 e. The zero-order valence-electron chi connectivity index (χ0n) is 10.5. The molecule has 0 aliphatic rings. The molecular weight excluding hydrogens is 285 g/mol. The Bertz CT molecular complexity index is 661. The van der Waals surface area contributed by atoms with Gasteiger partial charge in [0.2, 0.25) is 0 Å². The summed E-state index contributed by atoms with van der Waals surface area (Å²) in [4.78, 5) is 12.0. The number of halogens is 2. The van der Waals surface area contributed by atoms with Gasteiger partial charge < -0.3 is 15.2 Å². The molecule has 2 aromatic rings. The Balaban J connectivity index is 2.25. The summed E-state index contributed by atoms with van der Waals surface area (Å²) in [5.74, 6) is -1.15. The van der Waals surface area contributed by atoms with Crippen LogP contribution in [0, 0.1) is 5.82 Å². The Morgan fingerprint density at radius 2 is 2.05 bits per heavy atom. The zero-order valence-corrected chi connectivity index (χ0v) is 11.2. The fraction of sp³-hybridized carbons (Fsp3) is 0.0714. The van der Waals surface area contributed by atoms with E-state index in [4.69, 9.17) is 16.3 Å². The summed E-state index contributed by atoms with van der Waals surface area (Å²) in [6, 6.07) is 7.79. The Morgan fingerprint density at radius 1 is 1.30 bits per heavy atom. The van der Waals surface area contributed by atoms with Crippen molar-refractivity contribution in [2.45, 2.75) is 0 Å². The number of hydrogen-bond acceptors (Lipinski definition) is 3. The first kappa shape index (κ1) is 14.1. The quantitative estimate of drug-likeness (QED) is 0.912.